The molecule has 1 aliphatic heterocycles. The quantitative estimate of drug-likeness (QED) is 0.482. The molecule has 2 atom stereocenters. The molecule has 0 aromatic heterocycles. The minimum absolute atomic E-state index is 0.0758. The van der Waals surface area contributed by atoms with Crippen LogP contribution in [0.1, 0.15) is 18.4 Å². The Morgan fingerprint density at radius 1 is 1.47 bits per heavy atom. The number of anilines is 1. The highest BCUT2D eigenvalue weighted by molar-refractivity contribution is 5.80. The summed E-state index contributed by atoms with van der Waals surface area (Å²) in [4.78, 5) is 13.6. The van der Waals surface area contributed by atoms with Gasteiger partial charge < -0.3 is 9.64 Å². The molecule has 0 aliphatic carbocycles. The van der Waals surface area contributed by atoms with Gasteiger partial charge in [-0.2, -0.15) is 0 Å². The van der Waals surface area contributed by atoms with E-state index in [9.17, 15) is 4.79 Å². The average Bonchev–Trinajstić information content (AvgIpc) is 2.86. The van der Waals surface area contributed by atoms with E-state index in [1.807, 2.05) is 19.2 Å². The van der Waals surface area contributed by atoms with Gasteiger partial charge in [-0.1, -0.05) is 18.2 Å². The number of amides is 1. The Balaban J connectivity index is 1.92. The van der Waals surface area contributed by atoms with E-state index >= 15 is 0 Å². The van der Waals surface area contributed by atoms with Gasteiger partial charge in [0.1, 0.15) is 6.10 Å². The monoisotopic (exact) mass is 263 g/mol. The average molecular weight is 263 g/mol. The molecule has 0 saturated carbocycles. The van der Waals surface area contributed by atoms with Crippen molar-refractivity contribution < 1.29 is 9.53 Å². The van der Waals surface area contributed by atoms with Crippen molar-refractivity contribution in [2.24, 2.45) is 5.84 Å². The van der Waals surface area contributed by atoms with Crippen molar-refractivity contribution in [2.75, 3.05) is 18.5 Å². The van der Waals surface area contributed by atoms with Crippen molar-refractivity contribution in [3.8, 4) is 0 Å². The first kappa shape index (κ1) is 13.8. The van der Waals surface area contributed by atoms with Gasteiger partial charge in [-0.3, -0.25) is 10.2 Å². The Labute approximate surface area is 113 Å². The van der Waals surface area contributed by atoms with Crippen molar-refractivity contribution >= 4 is 11.6 Å². The lowest BCUT2D eigenvalue weighted by atomic mass is 10.1. The lowest BCUT2D eigenvalue weighted by molar-refractivity contribution is -0.131. The molecular weight excluding hydrogens is 242 g/mol. The summed E-state index contributed by atoms with van der Waals surface area (Å²) in [6, 6.07) is 8.24. The van der Waals surface area contributed by atoms with E-state index in [0.717, 1.165) is 19.4 Å². The maximum absolute atomic E-state index is 11.4. The first-order chi connectivity index (χ1) is 9.11. The Morgan fingerprint density at radius 2 is 2.21 bits per heavy atom. The van der Waals surface area contributed by atoms with Gasteiger partial charge in [0.15, 0.2) is 0 Å². The highest BCUT2D eigenvalue weighted by Crippen LogP contribution is 2.24. The number of likely N-dealkylation sites (N-methyl/N-ethyl adjacent to an activating group) is 1. The van der Waals surface area contributed by atoms with Crippen molar-refractivity contribution in [3.63, 3.8) is 0 Å². The molecule has 1 heterocycles. The maximum atomic E-state index is 11.4. The Morgan fingerprint density at radius 3 is 2.89 bits per heavy atom. The van der Waals surface area contributed by atoms with Gasteiger partial charge in [0.05, 0.1) is 6.10 Å². The highest BCUT2D eigenvalue weighted by Gasteiger charge is 2.30. The Bertz CT molecular complexity index is 450. The number of para-hydroxylation sites is 1. The molecule has 104 valence electrons. The summed E-state index contributed by atoms with van der Waals surface area (Å²) in [5.41, 5.74) is 4.57. The van der Waals surface area contributed by atoms with Crippen LogP contribution in [-0.2, 0) is 9.53 Å². The van der Waals surface area contributed by atoms with Gasteiger partial charge in [0, 0.05) is 19.3 Å². The van der Waals surface area contributed by atoms with Gasteiger partial charge in [-0.05, 0) is 31.4 Å². The minimum Gasteiger partial charge on any atom is -0.372 e. The molecule has 1 fully saturated rings. The number of carbonyl (C=O) groups is 1. The molecule has 19 heavy (non-hydrogen) atoms. The van der Waals surface area contributed by atoms with Crippen molar-refractivity contribution in [1.82, 2.24) is 5.43 Å². The zero-order valence-electron chi connectivity index (χ0n) is 11.4. The third kappa shape index (κ3) is 3.24. The largest absolute Gasteiger partial charge is 0.372 e. The fourth-order valence-corrected chi connectivity index (χ4v) is 2.52. The number of hydrogen-bond donors (Lipinski definition) is 2. The third-order valence-electron chi connectivity index (χ3n) is 3.55. The number of hydrazine groups is 1. The summed E-state index contributed by atoms with van der Waals surface area (Å²) in [7, 11) is 2.04. The van der Waals surface area contributed by atoms with Gasteiger partial charge in [-0.15, -0.1) is 0 Å². The number of aryl methyl sites for hydroxylation is 1. The van der Waals surface area contributed by atoms with Crippen molar-refractivity contribution in [2.45, 2.75) is 32.0 Å². The zero-order chi connectivity index (χ0) is 13.8. The summed E-state index contributed by atoms with van der Waals surface area (Å²) >= 11 is 0. The number of nitrogens with zero attached hydrogens (tertiary/aromatic N) is 1. The van der Waals surface area contributed by atoms with Crippen LogP contribution in [-0.4, -0.2) is 31.7 Å². The molecule has 1 aliphatic rings. The normalized spacial score (nSPS) is 22.3. The van der Waals surface area contributed by atoms with Crippen LogP contribution >= 0.6 is 0 Å². The fourth-order valence-electron chi connectivity index (χ4n) is 2.52. The van der Waals surface area contributed by atoms with Crippen LogP contribution in [0.15, 0.2) is 24.3 Å². The predicted octanol–water partition coefficient (Wildman–Crippen LogP) is 0.969. The Hall–Kier alpha value is -1.59. The molecule has 5 heteroatoms. The molecule has 5 nitrogen and oxygen atoms in total. The van der Waals surface area contributed by atoms with E-state index in [4.69, 9.17) is 10.6 Å². The molecule has 2 unspecified atom stereocenters. The first-order valence-electron chi connectivity index (χ1n) is 6.54. The van der Waals surface area contributed by atoms with E-state index in [-0.39, 0.29) is 12.0 Å². The molecule has 1 aromatic carbocycles. The van der Waals surface area contributed by atoms with Crippen molar-refractivity contribution in [3.05, 3.63) is 29.8 Å². The van der Waals surface area contributed by atoms with E-state index < -0.39 is 6.10 Å². The van der Waals surface area contributed by atoms with Gasteiger partial charge in [0.25, 0.3) is 5.91 Å². The van der Waals surface area contributed by atoms with Crippen LogP contribution < -0.4 is 16.2 Å². The standard InChI is InChI=1S/C14H21N3O2/c1-10-5-3-4-6-12(10)17(2)9-11-7-8-13(19-11)14(18)16-15/h3-6,11,13H,7-9,15H2,1-2H3,(H,16,18). The predicted molar refractivity (Wildman–Crippen MR) is 74.7 cm³/mol. The molecule has 0 spiro atoms. The second-order valence-electron chi connectivity index (χ2n) is 5.00. The molecule has 1 saturated heterocycles. The zero-order valence-corrected chi connectivity index (χ0v) is 11.4. The minimum atomic E-state index is -0.403. The highest BCUT2D eigenvalue weighted by atomic mass is 16.5. The number of nitrogens with one attached hydrogen (secondary N) is 1. The number of nitrogens with two attached hydrogens (primary N) is 1. The number of ether oxygens (including phenoxy) is 1. The van der Waals surface area contributed by atoms with Crippen LogP contribution in [0.25, 0.3) is 0 Å². The molecule has 0 bridgehead atoms. The third-order valence-corrected chi connectivity index (χ3v) is 3.55. The van der Waals surface area contributed by atoms with Gasteiger partial charge in [-0.25, -0.2) is 5.84 Å². The molecule has 1 aromatic rings. The number of hydrogen-bond acceptors (Lipinski definition) is 4. The summed E-state index contributed by atoms with van der Waals surface area (Å²) < 4.78 is 5.71. The summed E-state index contributed by atoms with van der Waals surface area (Å²) in [6.07, 6.45) is 1.29. The summed E-state index contributed by atoms with van der Waals surface area (Å²) in [6.45, 7) is 2.87. The lowest BCUT2D eigenvalue weighted by Gasteiger charge is -2.24. The number of benzene rings is 1. The van der Waals surface area contributed by atoms with E-state index in [0.29, 0.717) is 0 Å². The Kier molecular flexibility index (Phi) is 4.39. The van der Waals surface area contributed by atoms with E-state index in [1.54, 1.807) is 0 Å². The van der Waals surface area contributed by atoms with Crippen LogP contribution in [0.3, 0.4) is 0 Å². The topological polar surface area (TPSA) is 67.6 Å². The lowest BCUT2D eigenvalue weighted by Crippen LogP contribution is -2.40. The molecule has 1 amide bonds. The SMILES string of the molecule is Cc1ccccc1N(C)CC1CCC(C(=O)NN)O1. The molecule has 2 rings (SSSR count). The second kappa shape index (κ2) is 6.04. The second-order valence-corrected chi connectivity index (χ2v) is 5.00. The molecule has 0 radical (unpaired) electrons. The van der Waals surface area contributed by atoms with Gasteiger partial charge in [0.2, 0.25) is 0 Å². The van der Waals surface area contributed by atoms with E-state index in [1.165, 1.54) is 11.3 Å². The molecule has 3 N–H and O–H groups in total. The number of rotatable bonds is 4. The van der Waals surface area contributed by atoms with E-state index in [2.05, 4.69) is 29.4 Å². The first-order valence-corrected chi connectivity index (χ1v) is 6.54. The smallest absolute Gasteiger partial charge is 0.263 e. The van der Waals surface area contributed by atoms with Gasteiger partial charge >= 0.3 is 0 Å². The van der Waals surface area contributed by atoms with Crippen molar-refractivity contribution in [1.29, 1.82) is 0 Å². The summed E-state index contributed by atoms with van der Waals surface area (Å²) in [5, 5.41) is 0. The van der Waals surface area contributed by atoms with Crippen LogP contribution in [0.2, 0.25) is 0 Å². The number of carbonyl (C=O) groups excluding carboxylic acids is 1. The van der Waals surface area contributed by atoms with Crippen LogP contribution in [0, 0.1) is 6.92 Å². The summed E-state index contributed by atoms with van der Waals surface area (Å²) in [5.74, 6) is 4.88. The molecular formula is C14H21N3O2. The van der Waals surface area contributed by atoms with Crippen LogP contribution in [0.4, 0.5) is 5.69 Å². The fraction of sp³-hybridized carbons (Fsp3) is 0.500. The van der Waals surface area contributed by atoms with Crippen LogP contribution in [0.5, 0.6) is 0 Å². The maximum Gasteiger partial charge on any atom is 0.263 e.